The third-order valence-corrected chi connectivity index (χ3v) is 5.78. The van der Waals surface area contributed by atoms with E-state index in [4.69, 9.17) is 11.6 Å². The van der Waals surface area contributed by atoms with E-state index in [0.717, 1.165) is 22.0 Å². The summed E-state index contributed by atoms with van der Waals surface area (Å²) in [6.07, 6.45) is 4.90. The van der Waals surface area contributed by atoms with Crippen molar-refractivity contribution in [3.8, 4) is 22.3 Å². The van der Waals surface area contributed by atoms with Crippen LogP contribution in [0.1, 0.15) is 43.8 Å². The number of halogens is 2. The highest BCUT2D eigenvalue weighted by molar-refractivity contribution is 7.85. The highest BCUT2D eigenvalue weighted by atomic mass is 35.5. The number of benzene rings is 2. The molecule has 0 fully saturated rings. The molecule has 0 bridgehead atoms. The lowest BCUT2D eigenvalue weighted by atomic mass is 10.0. The van der Waals surface area contributed by atoms with Gasteiger partial charge < -0.3 is 10.4 Å². The van der Waals surface area contributed by atoms with Crippen molar-refractivity contribution >= 4 is 40.8 Å². The summed E-state index contributed by atoms with van der Waals surface area (Å²) in [7, 11) is 0. The zero-order chi connectivity index (χ0) is 24.5. The van der Waals surface area contributed by atoms with Crippen LogP contribution in [0.2, 0.25) is 5.02 Å². The van der Waals surface area contributed by atoms with Gasteiger partial charge in [0.1, 0.15) is 11.4 Å². The third kappa shape index (κ3) is 5.00. The number of anilines is 1. The van der Waals surface area contributed by atoms with Crippen LogP contribution in [-0.4, -0.2) is 20.1 Å². The number of aromatic nitrogens is 3. The van der Waals surface area contributed by atoms with Gasteiger partial charge in [0.15, 0.2) is 5.82 Å². The first-order chi connectivity index (χ1) is 16.2. The fraction of sp³-hybridized carbons (Fsp3) is 0.192. The number of fused-ring (bicyclic) bond motifs is 1. The lowest BCUT2D eigenvalue weighted by molar-refractivity contribution is 0.0687. The molecule has 0 unspecified atom stereocenters. The van der Waals surface area contributed by atoms with Crippen molar-refractivity contribution in [3.63, 3.8) is 0 Å². The van der Waals surface area contributed by atoms with E-state index in [1.54, 1.807) is 44.6 Å². The molecule has 1 atom stereocenters. The largest absolute Gasteiger partial charge is 0.382 e. The van der Waals surface area contributed by atoms with Crippen LogP contribution in [-0.2, 0) is 5.60 Å². The second-order valence-electron chi connectivity index (χ2n) is 8.41. The van der Waals surface area contributed by atoms with E-state index in [1.807, 2.05) is 25.1 Å². The Morgan fingerprint density at radius 3 is 2.47 bits per heavy atom. The molecular formula is C26H22ClFN4OS. The Kier molecular flexibility index (Phi) is 6.76. The Morgan fingerprint density at radius 1 is 1.06 bits per heavy atom. The van der Waals surface area contributed by atoms with Gasteiger partial charge in [0.25, 0.3) is 0 Å². The van der Waals surface area contributed by atoms with Gasteiger partial charge in [0.05, 0.1) is 22.3 Å². The minimum absolute atomic E-state index is 0.338. The number of hydrogen-bond acceptors (Lipinski definition) is 6. The smallest absolute Gasteiger partial charge is 0.159 e. The number of nitrogens with one attached hydrogen (secondary N) is 1. The Labute approximate surface area is 207 Å². The Morgan fingerprint density at radius 2 is 1.79 bits per heavy atom. The highest BCUT2D eigenvalue weighted by Gasteiger charge is 2.20. The van der Waals surface area contributed by atoms with Crippen LogP contribution >= 0.6 is 24.2 Å². The summed E-state index contributed by atoms with van der Waals surface area (Å²) in [6.45, 7) is 5.12. The van der Waals surface area contributed by atoms with Crippen molar-refractivity contribution in [1.29, 1.82) is 0 Å². The zero-order valence-corrected chi connectivity index (χ0v) is 20.4. The quantitative estimate of drug-likeness (QED) is 0.231. The lowest BCUT2D eigenvalue weighted by Gasteiger charge is -2.19. The van der Waals surface area contributed by atoms with Gasteiger partial charge in [-0.25, -0.2) is 14.4 Å². The lowest BCUT2D eigenvalue weighted by Crippen LogP contribution is -2.19. The van der Waals surface area contributed by atoms with Crippen LogP contribution in [0.4, 0.5) is 10.1 Å². The fourth-order valence-electron chi connectivity index (χ4n) is 3.60. The van der Waals surface area contributed by atoms with Gasteiger partial charge in [-0.2, -0.15) is 0 Å². The van der Waals surface area contributed by atoms with E-state index in [1.165, 1.54) is 6.07 Å². The van der Waals surface area contributed by atoms with Crippen molar-refractivity contribution in [2.75, 3.05) is 5.32 Å². The van der Waals surface area contributed by atoms with E-state index in [9.17, 15) is 9.50 Å². The van der Waals surface area contributed by atoms with Crippen molar-refractivity contribution in [2.45, 2.75) is 32.4 Å². The number of rotatable bonds is 5. The molecule has 0 aliphatic heterocycles. The molecule has 2 aromatic heterocycles. The summed E-state index contributed by atoms with van der Waals surface area (Å²) in [5, 5.41) is 17.2. The van der Waals surface area contributed by atoms with Crippen LogP contribution < -0.4 is 5.32 Å². The molecule has 4 rings (SSSR count). The summed E-state index contributed by atoms with van der Waals surface area (Å²) < 4.78 is 14.6. The second kappa shape index (κ2) is 9.59. The van der Waals surface area contributed by atoms with Crippen LogP contribution in [0, 0.1) is 17.0 Å². The minimum Gasteiger partial charge on any atom is -0.382 e. The standard InChI is InChI=1S/C26H22ClFN4OS/c1-15(19-10-16(8-9-34)4-6-22(19)28)32-24-20-11-17(5-7-23(20)29-14-21(24)27)18-12-30-25(31-13-18)26(2,3)33/h4-7,10-15,33-34H,1-3H3,(H,29,32)/t15-/m1/s1. The molecule has 2 aromatic carbocycles. The minimum atomic E-state index is -1.13. The number of pyridine rings is 1. The molecule has 0 saturated carbocycles. The molecule has 2 N–H and O–H groups in total. The maximum Gasteiger partial charge on any atom is 0.159 e. The number of aliphatic hydroxyl groups is 1. The molecule has 5 nitrogen and oxygen atoms in total. The SMILES string of the molecule is C[C@@H](Nc1c(Cl)cnc2ccc(-c3cnc(C(C)(C)O)nc3)cc12)c1cc(C#CS)ccc1F. The van der Waals surface area contributed by atoms with Crippen LogP contribution in [0.25, 0.3) is 22.0 Å². The van der Waals surface area contributed by atoms with Crippen LogP contribution in [0.3, 0.4) is 0 Å². The molecule has 0 aliphatic rings. The van der Waals surface area contributed by atoms with Gasteiger partial charge in [0, 0.05) is 40.7 Å². The Balaban J connectivity index is 1.74. The van der Waals surface area contributed by atoms with Crippen LogP contribution in [0.5, 0.6) is 0 Å². The number of hydrogen-bond donors (Lipinski definition) is 3. The van der Waals surface area contributed by atoms with Gasteiger partial charge in [-0.3, -0.25) is 4.98 Å². The van der Waals surface area contributed by atoms with Crippen molar-refractivity contribution < 1.29 is 9.50 Å². The predicted molar refractivity (Wildman–Crippen MR) is 137 cm³/mol. The van der Waals surface area contributed by atoms with Crippen molar-refractivity contribution in [1.82, 2.24) is 15.0 Å². The average Bonchev–Trinajstić information content (AvgIpc) is 2.81. The summed E-state index contributed by atoms with van der Waals surface area (Å²) in [5.41, 5.74) is 3.00. The van der Waals surface area contributed by atoms with E-state index in [2.05, 4.69) is 44.1 Å². The van der Waals surface area contributed by atoms with Gasteiger partial charge in [-0.15, -0.1) is 0 Å². The van der Waals surface area contributed by atoms with E-state index in [-0.39, 0.29) is 5.82 Å². The maximum atomic E-state index is 14.6. The molecule has 0 amide bonds. The van der Waals surface area contributed by atoms with Crippen LogP contribution in [0.15, 0.2) is 55.0 Å². The van der Waals surface area contributed by atoms with Crippen molar-refractivity contribution in [2.24, 2.45) is 0 Å². The first-order valence-corrected chi connectivity index (χ1v) is 11.3. The molecule has 0 spiro atoms. The van der Waals surface area contributed by atoms with Gasteiger partial charge >= 0.3 is 0 Å². The molecule has 0 radical (unpaired) electrons. The van der Waals surface area contributed by atoms with Gasteiger partial charge in [-0.05, 0) is 61.9 Å². The van der Waals surface area contributed by atoms with E-state index >= 15 is 0 Å². The monoisotopic (exact) mass is 492 g/mol. The number of nitrogens with zero attached hydrogens (tertiary/aromatic N) is 3. The van der Waals surface area contributed by atoms with E-state index in [0.29, 0.717) is 27.7 Å². The average molecular weight is 493 g/mol. The normalized spacial score (nSPS) is 12.2. The topological polar surface area (TPSA) is 70.9 Å². The fourth-order valence-corrected chi connectivity index (χ4v) is 3.93. The summed E-state index contributed by atoms with van der Waals surface area (Å²) in [5.74, 6) is 2.82. The molecular weight excluding hydrogens is 471 g/mol. The summed E-state index contributed by atoms with van der Waals surface area (Å²) in [6, 6.07) is 10.0. The third-order valence-electron chi connectivity index (χ3n) is 5.38. The molecule has 34 heavy (non-hydrogen) atoms. The molecule has 0 saturated heterocycles. The Hall–Kier alpha value is -3.18. The predicted octanol–water partition coefficient (Wildman–Crippen LogP) is 6.12. The molecule has 0 aliphatic carbocycles. The molecule has 172 valence electrons. The molecule has 2 heterocycles. The first kappa shape index (κ1) is 24.0. The zero-order valence-electron chi connectivity index (χ0n) is 18.8. The van der Waals surface area contributed by atoms with E-state index < -0.39 is 11.6 Å². The molecule has 8 heteroatoms. The maximum absolute atomic E-state index is 14.6. The highest BCUT2D eigenvalue weighted by Crippen LogP contribution is 2.35. The van der Waals surface area contributed by atoms with Gasteiger partial charge in [-0.1, -0.05) is 36.2 Å². The second-order valence-corrected chi connectivity index (χ2v) is 9.04. The summed E-state index contributed by atoms with van der Waals surface area (Å²) in [4.78, 5) is 13.0. The van der Waals surface area contributed by atoms with Gasteiger partial charge in [0.2, 0.25) is 0 Å². The Bertz CT molecular complexity index is 1430. The first-order valence-electron chi connectivity index (χ1n) is 10.5. The number of thiol groups is 1. The molecule has 4 aromatic rings. The van der Waals surface area contributed by atoms with Crippen molar-refractivity contribution in [3.05, 3.63) is 82.8 Å². The summed E-state index contributed by atoms with van der Waals surface area (Å²) >= 11 is 10.4.